The molecule has 6 heteroatoms. The second kappa shape index (κ2) is 7.39. The van der Waals surface area contributed by atoms with Crippen LogP contribution >= 0.6 is 0 Å². The third kappa shape index (κ3) is 3.91. The van der Waals surface area contributed by atoms with Gasteiger partial charge in [0.05, 0.1) is 6.20 Å². The van der Waals surface area contributed by atoms with Gasteiger partial charge in [-0.2, -0.15) is 10.1 Å². The number of hydrogen-bond acceptors (Lipinski definition) is 6. The molecule has 1 saturated heterocycles. The Labute approximate surface area is 153 Å². The van der Waals surface area contributed by atoms with Crippen LogP contribution < -0.4 is 15.5 Å². The van der Waals surface area contributed by atoms with Crippen LogP contribution in [0.3, 0.4) is 0 Å². The molecule has 2 N–H and O–H groups in total. The molecule has 4 rings (SSSR count). The van der Waals surface area contributed by atoms with E-state index in [2.05, 4.69) is 74.0 Å². The number of benzene rings is 2. The summed E-state index contributed by atoms with van der Waals surface area (Å²) in [4.78, 5) is 6.89. The van der Waals surface area contributed by atoms with Gasteiger partial charge in [0.25, 0.3) is 0 Å². The zero-order valence-corrected chi connectivity index (χ0v) is 14.8. The van der Waals surface area contributed by atoms with Gasteiger partial charge in [-0.25, -0.2) is 0 Å². The van der Waals surface area contributed by atoms with Crippen molar-refractivity contribution < 1.29 is 0 Å². The quantitative estimate of drug-likeness (QED) is 0.719. The zero-order chi connectivity index (χ0) is 17.8. The number of rotatable bonds is 5. The summed E-state index contributed by atoms with van der Waals surface area (Å²) < 4.78 is 0. The van der Waals surface area contributed by atoms with Crippen molar-refractivity contribution in [2.24, 2.45) is 0 Å². The zero-order valence-electron chi connectivity index (χ0n) is 14.8. The van der Waals surface area contributed by atoms with Gasteiger partial charge >= 0.3 is 0 Å². The summed E-state index contributed by atoms with van der Waals surface area (Å²) in [7, 11) is 0. The third-order valence-electron chi connectivity index (χ3n) is 4.48. The molecule has 2 heterocycles. The van der Waals surface area contributed by atoms with Gasteiger partial charge in [-0.3, -0.25) is 0 Å². The molecule has 0 amide bonds. The predicted molar refractivity (Wildman–Crippen MR) is 105 cm³/mol. The molecule has 0 radical (unpaired) electrons. The van der Waals surface area contributed by atoms with E-state index in [9.17, 15) is 0 Å². The lowest BCUT2D eigenvalue weighted by Gasteiger charge is -2.17. The van der Waals surface area contributed by atoms with Crippen LogP contribution in [0.2, 0.25) is 0 Å². The normalized spacial score (nSPS) is 13.7. The second-order valence-electron chi connectivity index (χ2n) is 6.52. The van der Waals surface area contributed by atoms with Gasteiger partial charge in [-0.1, -0.05) is 17.7 Å². The third-order valence-corrected chi connectivity index (χ3v) is 4.48. The first kappa shape index (κ1) is 16.3. The first-order chi connectivity index (χ1) is 12.8. The standard InChI is InChI=1S/C20H22N6/c1-15-4-6-16(7-5-15)22-19-14-21-25-20(24-19)23-17-8-10-18(11-9-17)26-12-2-3-13-26/h4-11,14H,2-3,12-13H2,1H3,(H2,22,23,24,25). The number of aryl methyl sites for hydroxylation is 1. The van der Waals surface area contributed by atoms with Crippen molar-refractivity contribution in [1.82, 2.24) is 15.2 Å². The van der Waals surface area contributed by atoms with Crippen molar-refractivity contribution >= 4 is 28.8 Å². The number of hydrogen-bond donors (Lipinski definition) is 2. The largest absolute Gasteiger partial charge is 0.372 e. The van der Waals surface area contributed by atoms with E-state index >= 15 is 0 Å². The Hall–Kier alpha value is -3.15. The molecular weight excluding hydrogens is 324 g/mol. The summed E-state index contributed by atoms with van der Waals surface area (Å²) in [5, 5.41) is 14.6. The molecule has 0 saturated carbocycles. The maximum Gasteiger partial charge on any atom is 0.249 e. The minimum atomic E-state index is 0.469. The van der Waals surface area contributed by atoms with Crippen LogP contribution in [-0.4, -0.2) is 28.3 Å². The number of nitrogens with zero attached hydrogens (tertiary/aromatic N) is 4. The Kier molecular flexibility index (Phi) is 4.64. The van der Waals surface area contributed by atoms with Crippen molar-refractivity contribution in [2.45, 2.75) is 19.8 Å². The van der Waals surface area contributed by atoms with Crippen LogP contribution in [0.1, 0.15) is 18.4 Å². The van der Waals surface area contributed by atoms with Crippen molar-refractivity contribution in [1.29, 1.82) is 0 Å². The van der Waals surface area contributed by atoms with Gasteiger partial charge in [-0.05, 0) is 56.2 Å². The molecule has 0 atom stereocenters. The Morgan fingerprint density at radius 2 is 1.50 bits per heavy atom. The van der Waals surface area contributed by atoms with Crippen LogP contribution in [0.4, 0.5) is 28.8 Å². The van der Waals surface area contributed by atoms with E-state index in [1.807, 2.05) is 12.1 Å². The highest BCUT2D eigenvalue weighted by atomic mass is 15.3. The highest BCUT2D eigenvalue weighted by Gasteiger charge is 2.12. The molecule has 2 aromatic carbocycles. The maximum atomic E-state index is 4.48. The van der Waals surface area contributed by atoms with Crippen molar-refractivity contribution in [3.8, 4) is 0 Å². The predicted octanol–water partition coefficient (Wildman–Crippen LogP) is 4.27. The minimum absolute atomic E-state index is 0.469. The first-order valence-corrected chi connectivity index (χ1v) is 8.92. The maximum absolute atomic E-state index is 4.48. The van der Waals surface area contributed by atoms with E-state index in [1.54, 1.807) is 6.20 Å². The summed E-state index contributed by atoms with van der Waals surface area (Å²) in [6.07, 6.45) is 4.17. The smallest absolute Gasteiger partial charge is 0.249 e. The summed E-state index contributed by atoms with van der Waals surface area (Å²) >= 11 is 0. The Balaban J connectivity index is 1.44. The lowest BCUT2D eigenvalue weighted by Crippen LogP contribution is -2.17. The molecule has 1 aromatic heterocycles. The molecule has 0 unspecified atom stereocenters. The monoisotopic (exact) mass is 346 g/mol. The van der Waals surface area contributed by atoms with Gasteiger partial charge in [0.1, 0.15) is 0 Å². The van der Waals surface area contributed by atoms with E-state index in [4.69, 9.17) is 0 Å². The summed E-state index contributed by atoms with van der Waals surface area (Å²) in [6, 6.07) is 16.5. The Morgan fingerprint density at radius 3 is 2.23 bits per heavy atom. The van der Waals surface area contributed by atoms with Crippen molar-refractivity contribution in [3.05, 3.63) is 60.3 Å². The van der Waals surface area contributed by atoms with Gasteiger partial charge in [-0.15, -0.1) is 5.10 Å². The van der Waals surface area contributed by atoms with E-state index in [0.717, 1.165) is 24.5 Å². The van der Waals surface area contributed by atoms with E-state index in [0.29, 0.717) is 11.8 Å². The highest BCUT2D eigenvalue weighted by molar-refractivity contribution is 5.61. The molecule has 132 valence electrons. The first-order valence-electron chi connectivity index (χ1n) is 8.92. The topological polar surface area (TPSA) is 66.0 Å². The SMILES string of the molecule is Cc1ccc(Nc2cnnc(Nc3ccc(N4CCCC4)cc3)n2)cc1. The molecule has 1 fully saturated rings. The summed E-state index contributed by atoms with van der Waals surface area (Å²) in [6.45, 7) is 4.35. The Bertz CT molecular complexity index is 854. The van der Waals surface area contributed by atoms with Gasteiger partial charge in [0.2, 0.25) is 5.95 Å². The lowest BCUT2D eigenvalue weighted by molar-refractivity contribution is 0.949. The lowest BCUT2D eigenvalue weighted by atomic mass is 10.2. The van der Waals surface area contributed by atoms with Crippen LogP contribution in [0, 0.1) is 6.92 Å². The molecule has 1 aliphatic rings. The van der Waals surface area contributed by atoms with Gasteiger partial charge in [0.15, 0.2) is 5.82 Å². The molecule has 3 aromatic rings. The number of anilines is 5. The van der Waals surface area contributed by atoms with Crippen molar-refractivity contribution in [3.63, 3.8) is 0 Å². The molecule has 0 spiro atoms. The average molecular weight is 346 g/mol. The van der Waals surface area contributed by atoms with Crippen LogP contribution in [0.25, 0.3) is 0 Å². The fraction of sp³-hybridized carbons (Fsp3) is 0.250. The second-order valence-corrected chi connectivity index (χ2v) is 6.52. The van der Waals surface area contributed by atoms with E-state index in [1.165, 1.54) is 24.1 Å². The van der Waals surface area contributed by atoms with E-state index < -0.39 is 0 Å². The minimum Gasteiger partial charge on any atom is -0.372 e. The number of nitrogens with one attached hydrogen (secondary N) is 2. The average Bonchev–Trinajstić information content (AvgIpc) is 3.19. The number of aromatic nitrogens is 3. The molecule has 0 aliphatic carbocycles. The summed E-state index contributed by atoms with van der Waals surface area (Å²) in [5.41, 5.74) is 4.40. The molecule has 0 bridgehead atoms. The van der Waals surface area contributed by atoms with Crippen LogP contribution in [-0.2, 0) is 0 Å². The molecule has 1 aliphatic heterocycles. The van der Waals surface area contributed by atoms with Gasteiger partial charge in [0, 0.05) is 30.2 Å². The van der Waals surface area contributed by atoms with E-state index in [-0.39, 0.29) is 0 Å². The Morgan fingerprint density at radius 1 is 0.846 bits per heavy atom. The summed E-state index contributed by atoms with van der Waals surface area (Å²) in [5.74, 6) is 1.12. The fourth-order valence-corrected chi connectivity index (χ4v) is 3.06. The van der Waals surface area contributed by atoms with Crippen molar-refractivity contribution in [2.75, 3.05) is 28.6 Å². The highest BCUT2D eigenvalue weighted by Crippen LogP contribution is 2.23. The molecule has 26 heavy (non-hydrogen) atoms. The van der Waals surface area contributed by atoms with Crippen LogP contribution in [0.5, 0.6) is 0 Å². The van der Waals surface area contributed by atoms with Crippen LogP contribution in [0.15, 0.2) is 54.7 Å². The van der Waals surface area contributed by atoms with Gasteiger partial charge < -0.3 is 15.5 Å². The molecule has 6 nitrogen and oxygen atoms in total. The molecular formula is C20H22N6. The fourth-order valence-electron chi connectivity index (χ4n) is 3.06.